The van der Waals surface area contributed by atoms with E-state index in [9.17, 15) is 0 Å². The van der Waals surface area contributed by atoms with Crippen molar-refractivity contribution >= 4 is 30.6 Å². The van der Waals surface area contributed by atoms with Gasteiger partial charge in [-0.3, -0.25) is 0 Å². The fourth-order valence-electron chi connectivity index (χ4n) is 3.08. The highest BCUT2D eigenvalue weighted by atomic mass is 28.4. The van der Waals surface area contributed by atoms with Crippen LogP contribution in [0.15, 0.2) is 53.1 Å². The van der Waals surface area contributed by atoms with Crippen LogP contribution in [0.25, 0.3) is 0 Å². The first kappa shape index (κ1) is 26.2. The van der Waals surface area contributed by atoms with Crippen LogP contribution in [0.4, 0.5) is 0 Å². The third-order valence-corrected chi connectivity index (χ3v) is 13.6. The van der Waals surface area contributed by atoms with Crippen molar-refractivity contribution in [2.45, 2.75) is 40.8 Å². The van der Waals surface area contributed by atoms with Gasteiger partial charge in [-0.2, -0.15) is 0 Å². The number of hydrogen-bond acceptors (Lipinski definition) is 5. The van der Waals surface area contributed by atoms with E-state index in [0.29, 0.717) is 26.4 Å². The molecule has 164 valence electrons. The summed E-state index contributed by atoms with van der Waals surface area (Å²) < 4.78 is 29.6. The molecule has 5 nitrogen and oxygen atoms in total. The predicted molar refractivity (Wildman–Crippen MR) is 127 cm³/mol. The van der Waals surface area contributed by atoms with Crippen LogP contribution >= 0.6 is 0 Å². The second kappa shape index (κ2) is 12.8. The van der Waals surface area contributed by atoms with Crippen molar-refractivity contribution in [2.75, 3.05) is 33.5 Å². The molecule has 0 saturated carbocycles. The van der Waals surface area contributed by atoms with Gasteiger partial charge in [0.1, 0.15) is 8.07 Å². The first-order valence-electron chi connectivity index (χ1n) is 10.4. The zero-order valence-corrected chi connectivity index (χ0v) is 22.1. The van der Waals surface area contributed by atoms with Crippen LogP contribution in [0.2, 0.25) is 13.1 Å². The molecule has 1 atom stereocenters. The molecule has 0 saturated heterocycles. The Morgan fingerprint density at radius 2 is 1.17 bits per heavy atom. The molecular weight excluding hydrogens is 416 g/mol. The second-order valence-corrected chi connectivity index (χ2v) is 16.1. The smallest absolute Gasteiger partial charge is 0.392 e. The summed E-state index contributed by atoms with van der Waals surface area (Å²) in [5.41, 5.74) is 8.79. The molecule has 8 heteroatoms. The van der Waals surface area contributed by atoms with Crippen LogP contribution in [0, 0.1) is 0 Å². The van der Waals surface area contributed by atoms with E-state index in [0.717, 1.165) is 0 Å². The first-order chi connectivity index (χ1) is 13.8. The summed E-state index contributed by atoms with van der Waals surface area (Å²) in [7, 11) is -5.73. The van der Waals surface area contributed by atoms with Gasteiger partial charge in [0.25, 0.3) is 0 Å². The third kappa shape index (κ3) is 8.06. The predicted octanol–water partition coefficient (Wildman–Crippen LogP) is 4.04. The highest BCUT2D eigenvalue weighted by Crippen LogP contribution is 2.18. The molecule has 0 aliphatic heterocycles. The average Bonchev–Trinajstić information content (AvgIpc) is 2.72. The molecule has 1 unspecified atom stereocenters. The quantitative estimate of drug-likeness (QED) is 0.397. The Hall–Kier alpha value is -0.849. The third-order valence-electron chi connectivity index (χ3n) is 4.60. The lowest BCUT2D eigenvalue weighted by Gasteiger charge is -2.28. The summed E-state index contributed by atoms with van der Waals surface area (Å²) in [6, 6.07) is 10.6. The summed E-state index contributed by atoms with van der Waals surface area (Å²) in [5.74, 6) is 0. The van der Waals surface area contributed by atoms with E-state index in [1.807, 2.05) is 39.5 Å². The maximum Gasteiger partial charge on any atom is 0.528 e. The highest BCUT2D eigenvalue weighted by Gasteiger charge is 2.38. The Balaban J connectivity index is 3.37. The summed E-state index contributed by atoms with van der Waals surface area (Å²) in [4.78, 5) is 0. The Labute approximate surface area is 180 Å². The molecule has 0 N–H and O–H groups in total. The van der Waals surface area contributed by atoms with Crippen LogP contribution < -0.4 is 5.19 Å². The van der Waals surface area contributed by atoms with Crippen molar-refractivity contribution in [3.05, 3.63) is 53.1 Å². The summed E-state index contributed by atoms with van der Waals surface area (Å²) in [6.45, 7) is 14.7. The summed E-state index contributed by atoms with van der Waals surface area (Å²) in [5, 5.41) is 1.30. The van der Waals surface area contributed by atoms with Gasteiger partial charge in [-0.15, -0.1) is 0 Å². The summed E-state index contributed by atoms with van der Waals surface area (Å²) >= 11 is 0. The van der Waals surface area contributed by atoms with Crippen LogP contribution in [-0.2, 0) is 22.1 Å². The molecule has 1 aromatic rings. The van der Waals surface area contributed by atoms with E-state index < -0.39 is 25.4 Å². The second-order valence-electron chi connectivity index (χ2n) is 6.87. The molecule has 29 heavy (non-hydrogen) atoms. The van der Waals surface area contributed by atoms with Gasteiger partial charge in [-0.1, -0.05) is 53.5 Å². The minimum Gasteiger partial charge on any atom is -0.392 e. The number of hydrogen-bond donors (Lipinski definition) is 0. The van der Waals surface area contributed by atoms with Gasteiger partial charge in [0.05, 0.1) is 0 Å². The summed E-state index contributed by atoms with van der Waals surface area (Å²) in [6.07, 6.45) is 0. The van der Waals surface area contributed by atoms with Gasteiger partial charge in [0.2, 0.25) is 0 Å². The first-order valence-corrected chi connectivity index (χ1v) is 17.2. The fourth-order valence-corrected chi connectivity index (χ4v) is 12.2. The largest absolute Gasteiger partial charge is 0.528 e. The lowest BCUT2D eigenvalue weighted by atomic mass is 10.4. The maximum atomic E-state index is 6.01. The Bertz CT molecular complexity index is 626. The van der Waals surface area contributed by atoms with Crippen molar-refractivity contribution in [2.24, 2.45) is 0 Å². The van der Waals surface area contributed by atoms with Crippen molar-refractivity contribution < 1.29 is 22.1 Å². The van der Waals surface area contributed by atoms with E-state index in [1.54, 1.807) is 7.11 Å². The van der Waals surface area contributed by atoms with Gasteiger partial charge in [0, 0.05) is 33.5 Å². The Morgan fingerprint density at radius 1 is 0.690 bits per heavy atom. The van der Waals surface area contributed by atoms with Gasteiger partial charge >= 0.3 is 17.4 Å². The lowest BCUT2D eigenvalue weighted by molar-refractivity contribution is 0.100. The number of benzene rings is 1. The van der Waals surface area contributed by atoms with Crippen LogP contribution in [0.5, 0.6) is 0 Å². The van der Waals surface area contributed by atoms with Crippen LogP contribution in [0.3, 0.4) is 0 Å². The zero-order chi connectivity index (χ0) is 21.8. The van der Waals surface area contributed by atoms with E-state index in [4.69, 9.17) is 22.1 Å². The molecule has 0 aromatic heterocycles. The van der Waals surface area contributed by atoms with Crippen LogP contribution in [0.1, 0.15) is 27.7 Å². The SMILES string of the molecule is CCO[Si](C)(C=C[Si](C)(C=C[Si](OC)(OCC)OCC)c1ccccc1)OCC. The van der Waals surface area contributed by atoms with Crippen molar-refractivity contribution in [1.29, 1.82) is 0 Å². The fraction of sp³-hybridized carbons (Fsp3) is 0.524. The molecule has 0 amide bonds. The molecule has 0 heterocycles. The highest BCUT2D eigenvalue weighted by molar-refractivity contribution is 7.00. The topological polar surface area (TPSA) is 46.2 Å². The minimum absolute atomic E-state index is 0.545. The molecule has 0 aliphatic carbocycles. The molecule has 0 spiro atoms. The monoisotopic (exact) mass is 454 g/mol. The standard InChI is InChI=1S/C21H38O5Si3/c1-8-23-28(7,24-9-2)19-17-27(6,21-15-13-12-14-16-21)18-20-29(22-5,25-10-3)26-11-4/h12-20H,8-11H2,1-7H3. The molecule has 1 aromatic carbocycles. The molecule has 0 fully saturated rings. The van der Waals surface area contributed by atoms with Crippen molar-refractivity contribution in [3.8, 4) is 0 Å². The van der Waals surface area contributed by atoms with E-state index in [1.165, 1.54) is 5.19 Å². The molecular formula is C21H38O5Si3. The van der Waals surface area contributed by atoms with Gasteiger partial charge < -0.3 is 22.1 Å². The maximum absolute atomic E-state index is 6.01. The average molecular weight is 455 g/mol. The lowest BCUT2D eigenvalue weighted by Crippen LogP contribution is -2.47. The van der Waals surface area contributed by atoms with Gasteiger partial charge in [-0.05, 0) is 45.6 Å². The minimum atomic E-state index is -2.85. The molecule has 0 bridgehead atoms. The van der Waals surface area contributed by atoms with E-state index >= 15 is 0 Å². The van der Waals surface area contributed by atoms with Gasteiger partial charge in [-0.25, -0.2) is 0 Å². The van der Waals surface area contributed by atoms with Crippen molar-refractivity contribution in [1.82, 2.24) is 0 Å². The van der Waals surface area contributed by atoms with E-state index in [2.05, 4.69) is 54.5 Å². The van der Waals surface area contributed by atoms with Gasteiger partial charge in [0.15, 0.2) is 0 Å². The molecule has 0 aliphatic rings. The van der Waals surface area contributed by atoms with Crippen molar-refractivity contribution in [3.63, 3.8) is 0 Å². The molecule has 0 radical (unpaired) electrons. The van der Waals surface area contributed by atoms with Crippen LogP contribution in [-0.4, -0.2) is 59.0 Å². The van der Waals surface area contributed by atoms with E-state index in [-0.39, 0.29) is 0 Å². The number of rotatable bonds is 14. The Morgan fingerprint density at radius 3 is 1.62 bits per heavy atom. The molecule has 1 rings (SSSR count). The Kier molecular flexibility index (Phi) is 11.5. The zero-order valence-electron chi connectivity index (χ0n) is 19.1. The normalized spacial score (nSPS) is 15.3.